The first-order chi connectivity index (χ1) is 10.9. The SMILES string of the molecule is CCC(=O)[O][Ti]([CH3])([CH3])(=[SiH2])([O]C(=O)CC)([C]1=CC=CC1)[C]1=CC=CC1. The van der Waals surface area contributed by atoms with Gasteiger partial charge in [0, 0.05) is 0 Å². The molecule has 0 aromatic heterocycles. The van der Waals surface area contributed by atoms with Gasteiger partial charge in [-0.1, -0.05) is 0 Å². The van der Waals surface area contributed by atoms with E-state index in [1.54, 1.807) is 21.5 Å². The van der Waals surface area contributed by atoms with Gasteiger partial charge in [-0.2, -0.15) is 0 Å². The molecule has 24 heavy (non-hydrogen) atoms. The average Bonchev–Trinajstić information content (AvgIpc) is 3.20. The molecule has 0 amide bonds. The molecule has 6 heteroatoms. The molecule has 4 nitrogen and oxygen atoms in total. The van der Waals surface area contributed by atoms with E-state index < -0.39 is 12.3 Å². The van der Waals surface area contributed by atoms with Crippen LogP contribution in [-0.2, 0) is 28.5 Å². The third-order valence-electron chi connectivity index (χ3n) is 5.77. The Hall–Kier alpha value is -1.17. The van der Waals surface area contributed by atoms with Gasteiger partial charge in [0.2, 0.25) is 0 Å². The Bertz CT molecular complexity index is 795. The van der Waals surface area contributed by atoms with E-state index in [0.717, 1.165) is 7.76 Å². The third kappa shape index (κ3) is 2.54. The van der Waals surface area contributed by atoms with E-state index in [1.807, 2.05) is 46.9 Å². The van der Waals surface area contributed by atoms with Crippen molar-refractivity contribution in [2.24, 2.45) is 0 Å². The van der Waals surface area contributed by atoms with Crippen molar-refractivity contribution in [1.29, 1.82) is 0 Å². The molecule has 2 rings (SSSR count). The topological polar surface area (TPSA) is 52.6 Å². The summed E-state index contributed by atoms with van der Waals surface area (Å²) in [5.74, 6) is -0.676. The van der Waals surface area contributed by atoms with Crippen LogP contribution in [0.3, 0.4) is 0 Å². The van der Waals surface area contributed by atoms with Gasteiger partial charge in [-0.15, -0.1) is 0 Å². The molecule has 0 saturated heterocycles. The Labute approximate surface area is 142 Å². The van der Waals surface area contributed by atoms with Crippen LogP contribution in [0.4, 0.5) is 0 Å². The predicted octanol–water partition coefficient (Wildman–Crippen LogP) is 3.82. The standard InChI is InChI=1S/2C5H5.2C3H6O2.2CH3.H2Si.Ti/c2*1-2-4-5-3-1;2*1-2-3(4)5;;;;/h2*1-3H,4H2;2*2H2,1H3,(H,4,5);2*1H3;1H2;/q;;;;;;;+2/p-2. The molecule has 0 heterocycles. The van der Waals surface area contributed by atoms with Gasteiger partial charge in [-0.25, -0.2) is 0 Å². The number of allylic oxidation sites excluding steroid dienone is 8. The fourth-order valence-corrected chi connectivity index (χ4v) is 17.7. The molecule has 0 saturated carbocycles. The Kier molecular flexibility index (Phi) is 3.94. The number of hydrogen-bond acceptors (Lipinski definition) is 4. The summed E-state index contributed by atoms with van der Waals surface area (Å²) in [5, 5.41) is 3.85. The molecule has 0 N–H and O–H groups in total. The van der Waals surface area contributed by atoms with Gasteiger partial charge in [0.25, 0.3) is 0 Å². The monoisotopic (exact) mass is 384 g/mol. The van der Waals surface area contributed by atoms with Crippen LogP contribution < -0.4 is 0 Å². The van der Waals surface area contributed by atoms with E-state index in [4.69, 9.17) is 6.64 Å². The zero-order valence-electron chi connectivity index (χ0n) is 15.1. The second-order valence-corrected chi connectivity index (χ2v) is 35.7. The zero-order valence-corrected chi connectivity index (χ0v) is 18.1. The third-order valence-corrected chi connectivity index (χ3v) is 23.3. The summed E-state index contributed by atoms with van der Waals surface area (Å²) in [7, 11) is 1.62. The van der Waals surface area contributed by atoms with Crippen molar-refractivity contribution in [2.45, 2.75) is 50.0 Å². The van der Waals surface area contributed by atoms with E-state index in [-0.39, 0.29) is 24.8 Å². The Morgan fingerprint density at radius 1 is 0.958 bits per heavy atom. The molecule has 0 spiro atoms. The van der Waals surface area contributed by atoms with Crippen molar-refractivity contribution in [3.8, 4) is 0 Å². The molecule has 2 aliphatic carbocycles. The van der Waals surface area contributed by atoms with E-state index in [0.29, 0.717) is 12.8 Å². The van der Waals surface area contributed by atoms with Crippen molar-refractivity contribution in [1.82, 2.24) is 0 Å². The van der Waals surface area contributed by atoms with Gasteiger partial charge in [0.15, 0.2) is 0 Å². The number of hydrogen-bond donors (Lipinski definition) is 0. The molecule has 0 fully saturated rings. The van der Waals surface area contributed by atoms with Crippen molar-refractivity contribution >= 4 is 19.6 Å². The minimum atomic E-state index is -5.78. The average molecular weight is 384 g/mol. The van der Waals surface area contributed by atoms with Gasteiger partial charge >= 0.3 is 142 Å². The summed E-state index contributed by atoms with van der Waals surface area (Å²) in [4.78, 5) is 25.1. The van der Waals surface area contributed by atoms with E-state index in [9.17, 15) is 9.59 Å². The first-order valence-electron chi connectivity index (χ1n) is 8.63. The van der Waals surface area contributed by atoms with E-state index in [1.165, 1.54) is 0 Å². The van der Waals surface area contributed by atoms with Crippen LogP contribution in [0.1, 0.15) is 39.5 Å². The molecule has 132 valence electrons. The normalized spacial score (nSPS) is 21.1. The van der Waals surface area contributed by atoms with Gasteiger partial charge in [0.05, 0.1) is 0 Å². The molecule has 0 aliphatic heterocycles. The van der Waals surface area contributed by atoms with Crippen LogP contribution >= 0.6 is 0 Å². The second kappa shape index (κ2) is 4.93. The van der Waals surface area contributed by atoms with Gasteiger partial charge in [0.1, 0.15) is 0 Å². The van der Waals surface area contributed by atoms with Gasteiger partial charge < -0.3 is 0 Å². The first-order valence-corrected chi connectivity index (χ1v) is 18.6. The Balaban J connectivity index is 2.92. The van der Waals surface area contributed by atoms with Gasteiger partial charge in [-0.3, -0.25) is 0 Å². The van der Waals surface area contributed by atoms with Crippen LogP contribution in [0, 0.1) is 0 Å². The minimum absolute atomic E-state index is 0.234. The predicted molar refractivity (Wildman–Crippen MR) is 96.7 cm³/mol. The van der Waals surface area contributed by atoms with Crippen molar-refractivity contribution in [3.05, 3.63) is 44.2 Å². The summed E-state index contributed by atoms with van der Waals surface area (Å²) < 4.78 is 14.6. The number of carbonyl (C=O) groups is 2. The summed E-state index contributed by atoms with van der Waals surface area (Å²) in [6.07, 6.45) is 13.6. The summed E-state index contributed by atoms with van der Waals surface area (Å²) in [6, 6.07) is 0. The maximum absolute atomic E-state index is 12.6. The zero-order chi connectivity index (χ0) is 18.2. The molecule has 0 aromatic carbocycles. The van der Waals surface area contributed by atoms with E-state index >= 15 is 0 Å². The van der Waals surface area contributed by atoms with Crippen LogP contribution in [0.2, 0.25) is 10.5 Å². The second-order valence-electron chi connectivity index (χ2n) is 8.59. The number of carbonyl (C=O) groups excluding carboxylic acids is 2. The van der Waals surface area contributed by atoms with Gasteiger partial charge in [-0.05, 0) is 0 Å². The van der Waals surface area contributed by atoms with Crippen LogP contribution in [-0.4, -0.2) is 19.6 Å². The molecule has 2 aliphatic rings. The fraction of sp³-hybridized carbons (Fsp3) is 0.444. The summed E-state index contributed by atoms with van der Waals surface area (Å²) in [5.41, 5.74) is 0. The maximum atomic E-state index is 12.6. The molecular weight excluding hydrogens is 356 g/mol. The first kappa shape index (κ1) is 19.2. The summed E-state index contributed by atoms with van der Waals surface area (Å²) >= 11 is -5.78. The van der Waals surface area contributed by atoms with E-state index in [2.05, 4.69) is 0 Å². The van der Waals surface area contributed by atoms with Crippen LogP contribution in [0.25, 0.3) is 0 Å². The molecule has 0 radical (unpaired) electrons. The molecule has 0 aromatic rings. The number of rotatable bonds is 6. The van der Waals surface area contributed by atoms with Crippen LogP contribution in [0.5, 0.6) is 0 Å². The molecular formula is C18H28O4SiTi. The van der Waals surface area contributed by atoms with Crippen molar-refractivity contribution < 1.29 is 28.5 Å². The van der Waals surface area contributed by atoms with Crippen molar-refractivity contribution in [2.75, 3.05) is 0 Å². The fourth-order valence-electron chi connectivity index (χ4n) is 3.96. The Morgan fingerprint density at radius 2 is 1.33 bits per heavy atom. The Morgan fingerprint density at radius 3 is 1.58 bits per heavy atom. The molecule has 0 bridgehead atoms. The van der Waals surface area contributed by atoms with Crippen molar-refractivity contribution in [3.63, 3.8) is 0 Å². The molecule has 0 atom stereocenters. The van der Waals surface area contributed by atoms with Crippen LogP contribution in [0.15, 0.2) is 44.2 Å². The summed E-state index contributed by atoms with van der Waals surface area (Å²) in [6.45, 7) is 3.52. The molecule has 0 unspecified atom stereocenters. The quantitative estimate of drug-likeness (QED) is 0.654.